The Bertz CT molecular complexity index is 67.5. The molecule has 0 atom stereocenters. The van der Waals surface area contributed by atoms with E-state index in [1.54, 1.807) is 0 Å². The van der Waals surface area contributed by atoms with Crippen LogP contribution in [-0.4, -0.2) is 12.6 Å². The molecule has 0 saturated carbocycles. The summed E-state index contributed by atoms with van der Waals surface area (Å²) in [6, 6.07) is 0. The molecule has 0 aromatic rings. The second-order valence-electron chi connectivity index (χ2n) is 1.45. The predicted molar refractivity (Wildman–Crippen MR) is 36.6 cm³/mol. The van der Waals surface area contributed by atoms with Crippen LogP contribution in [-0.2, 0) is 75.0 Å². The van der Waals surface area contributed by atoms with Gasteiger partial charge in [-0.1, -0.05) is 19.8 Å². The molecule has 0 unspecified atom stereocenters. The number of carbonyl (C=O) groups excluding carboxylic acids is 2. The topological polar surface area (TPSA) is 34.1 Å². The molecule has 2 radical (unpaired) electrons. The third-order valence-corrected chi connectivity index (χ3v) is 0.632. The molecule has 0 heterocycles. The normalized spacial score (nSPS) is 5.64. The fourth-order valence-corrected chi connectivity index (χ4v) is 0.249. The van der Waals surface area contributed by atoms with Gasteiger partial charge in [-0.2, -0.15) is 13.3 Å². The van der Waals surface area contributed by atoms with Crippen molar-refractivity contribution in [2.24, 2.45) is 0 Å². The summed E-state index contributed by atoms with van der Waals surface area (Å²) in [6.45, 7) is 3.37. The first-order chi connectivity index (χ1) is 4.33. The molecule has 11 heavy (non-hydrogen) atoms. The first-order valence-electron chi connectivity index (χ1n) is 2.97. The third-order valence-electron chi connectivity index (χ3n) is 0.632. The van der Waals surface area contributed by atoms with Crippen molar-refractivity contribution in [1.82, 2.24) is 0 Å². The van der Waals surface area contributed by atoms with Crippen LogP contribution in [0.1, 0.15) is 33.1 Å². The Kier molecular flexibility index (Phi) is 62.4. The summed E-state index contributed by atoms with van der Waals surface area (Å²) in [5.74, 6) is 0. The van der Waals surface area contributed by atoms with E-state index >= 15 is 0 Å². The van der Waals surface area contributed by atoms with Gasteiger partial charge in [-0.25, -0.2) is 0 Å². The Morgan fingerprint density at radius 2 is 1.55 bits per heavy atom. The Morgan fingerprint density at radius 1 is 1.18 bits per heavy atom. The molecule has 2 nitrogen and oxygen atoms in total. The second-order valence-corrected chi connectivity index (χ2v) is 1.45. The zero-order valence-corrected chi connectivity index (χ0v) is 12.8. The molecule has 0 amide bonds. The molecule has 0 aromatic heterocycles. The van der Waals surface area contributed by atoms with Gasteiger partial charge >= 0.3 is 0 Å². The van der Waals surface area contributed by atoms with Gasteiger partial charge in [0.1, 0.15) is 0 Å². The summed E-state index contributed by atoms with van der Waals surface area (Å²) in [5.41, 5.74) is 0. The maximum atomic E-state index is 9.44. The van der Waals surface area contributed by atoms with Gasteiger partial charge in [0.05, 0.1) is 0 Å². The first kappa shape index (κ1) is 22.9. The van der Waals surface area contributed by atoms with Crippen LogP contribution in [0.15, 0.2) is 0 Å². The van der Waals surface area contributed by atoms with Gasteiger partial charge in [0, 0.05) is 65.4 Å². The summed E-state index contributed by atoms with van der Waals surface area (Å²) in [5, 5.41) is 0. The minimum absolute atomic E-state index is 0. The van der Waals surface area contributed by atoms with Crippen LogP contribution >= 0.6 is 0 Å². The SMILES string of the molecule is CCCC[C-]=O.C[C-]=O.[Y].[Y]. The smallest absolute Gasteiger partial charge is 0 e. The maximum absolute atomic E-state index is 9.44. The van der Waals surface area contributed by atoms with Crippen LogP contribution in [0.4, 0.5) is 0 Å². The van der Waals surface area contributed by atoms with Crippen molar-refractivity contribution in [2.45, 2.75) is 33.1 Å². The summed E-state index contributed by atoms with van der Waals surface area (Å²) in [6.07, 6.45) is 6.01. The number of rotatable bonds is 3. The van der Waals surface area contributed by atoms with Crippen LogP contribution in [0.25, 0.3) is 0 Å². The summed E-state index contributed by atoms with van der Waals surface area (Å²) >= 11 is 0. The van der Waals surface area contributed by atoms with Crippen LogP contribution in [0, 0.1) is 0 Å². The van der Waals surface area contributed by atoms with Gasteiger partial charge in [0.2, 0.25) is 0 Å². The molecule has 4 heteroatoms. The van der Waals surface area contributed by atoms with Crippen molar-refractivity contribution in [3.05, 3.63) is 0 Å². The fourth-order valence-electron chi connectivity index (χ4n) is 0.249. The average molecular weight is 306 g/mol. The monoisotopic (exact) mass is 306 g/mol. The molecule has 0 bridgehead atoms. The van der Waals surface area contributed by atoms with E-state index in [9.17, 15) is 4.79 Å². The molecular weight excluding hydrogens is 294 g/mol. The molecule has 0 fully saturated rings. The van der Waals surface area contributed by atoms with Crippen LogP contribution in [0.5, 0.6) is 0 Å². The van der Waals surface area contributed by atoms with Crippen LogP contribution in [0.3, 0.4) is 0 Å². The molecule has 0 rings (SSSR count). The zero-order chi connectivity index (χ0) is 7.54. The Morgan fingerprint density at radius 3 is 1.64 bits per heavy atom. The van der Waals surface area contributed by atoms with E-state index in [2.05, 4.69) is 6.92 Å². The summed E-state index contributed by atoms with van der Waals surface area (Å²) < 4.78 is 0. The summed E-state index contributed by atoms with van der Waals surface area (Å²) in [7, 11) is 0. The van der Waals surface area contributed by atoms with Crippen molar-refractivity contribution < 1.29 is 75.0 Å². The molecule has 0 spiro atoms. The Balaban J connectivity index is -0.0000000437. The largest absolute Gasteiger partial charge is 0.542 e. The fraction of sp³-hybridized carbons (Fsp3) is 0.714. The van der Waals surface area contributed by atoms with Gasteiger partial charge in [0.25, 0.3) is 0 Å². The molecule has 60 valence electrons. The van der Waals surface area contributed by atoms with E-state index in [4.69, 9.17) is 4.79 Å². The van der Waals surface area contributed by atoms with Crippen LogP contribution < -0.4 is 0 Å². The number of unbranched alkanes of at least 4 members (excludes halogenated alkanes) is 2. The van der Waals surface area contributed by atoms with Crippen molar-refractivity contribution in [2.75, 3.05) is 0 Å². The van der Waals surface area contributed by atoms with Gasteiger partial charge in [-0.15, -0.1) is 0 Å². The van der Waals surface area contributed by atoms with E-state index < -0.39 is 0 Å². The van der Waals surface area contributed by atoms with E-state index in [1.807, 2.05) is 6.29 Å². The van der Waals surface area contributed by atoms with Crippen molar-refractivity contribution >= 4 is 12.6 Å². The molecule has 0 aromatic carbocycles. The van der Waals surface area contributed by atoms with Crippen molar-refractivity contribution in [3.63, 3.8) is 0 Å². The zero-order valence-electron chi connectivity index (χ0n) is 7.09. The molecular formula is C7H12O2Y2-2. The molecule has 0 aliphatic carbocycles. The molecule has 0 aliphatic heterocycles. The first-order valence-corrected chi connectivity index (χ1v) is 2.97. The molecule has 0 N–H and O–H groups in total. The predicted octanol–water partition coefficient (Wildman–Crippen LogP) is 1.40. The van der Waals surface area contributed by atoms with E-state index in [-0.39, 0.29) is 65.4 Å². The third kappa shape index (κ3) is 50.9. The quantitative estimate of drug-likeness (QED) is 0.583. The van der Waals surface area contributed by atoms with Crippen molar-refractivity contribution in [3.8, 4) is 0 Å². The number of hydrogen-bond donors (Lipinski definition) is 0. The van der Waals surface area contributed by atoms with E-state index in [0.717, 1.165) is 12.8 Å². The molecule has 0 aliphatic rings. The van der Waals surface area contributed by atoms with Crippen LogP contribution in [0.2, 0.25) is 0 Å². The van der Waals surface area contributed by atoms with E-state index in [1.165, 1.54) is 13.2 Å². The maximum Gasteiger partial charge on any atom is 0 e. The standard InChI is InChI=1S/C5H9O.C2H3O.2Y/c1-2-3-4-5-6;1-2-3;;/h2-4H2,1H3;1H3;;/q2*-1;;. The Hall–Kier alpha value is 1.55. The van der Waals surface area contributed by atoms with Crippen molar-refractivity contribution in [1.29, 1.82) is 0 Å². The Labute approximate surface area is 119 Å². The molecule has 0 saturated heterocycles. The van der Waals surface area contributed by atoms with Gasteiger partial charge < -0.3 is 9.59 Å². The van der Waals surface area contributed by atoms with Gasteiger partial charge in [-0.3, -0.25) is 12.6 Å². The van der Waals surface area contributed by atoms with Gasteiger partial charge in [0.15, 0.2) is 0 Å². The minimum atomic E-state index is 0. The number of hydrogen-bond acceptors (Lipinski definition) is 2. The minimum Gasteiger partial charge on any atom is -0.542 e. The summed E-state index contributed by atoms with van der Waals surface area (Å²) in [4.78, 5) is 18.1. The second kappa shape index (κ2) is 30.0. The average Bonchev–Trinajstić information content (AvgIpc) is 1.86. The van der Waals surface area contributed by atoms with E-state index in [0.29, 0.717) is 6.42 Å². The van der Waals surface area contributed by atoms with Gasteiger partial charge in [-0.05, 0) is 0 Å².